The lowest BCUT2D eigenvalue weighted by molar-refractivity contribution is 1.40. The standard InChI is InChI=1S/C66H38N8/c1-2-14-36-35(13-1)51-27-55-39-17-5-9-21-43(39)59(69-55)31-63-47-25-49-50(26-48(47)64(73-63)32-60-44-22-10-6-18-40(44)56(70-60)28-52(36)67-51)66-34-62-46-24-12-8-20-42(46)58(72-62)30-54-38-16-4-3-15-37(38)53(68-54)29-57-41-19-7-11-23-45(41)61(71-57)33-65(49)74-66/h1-34,67-68,73-74H. The lowest BCUT2D eigenvalue weighted by Crippen LogP contribution is -1.75. The SMILES string of the molecule is c1ccc2c(c1)-c1cc3[nH]c(cc4nc(cc5[nH]c(cc-2n1)c1cc2c6cc7nc(cc8[nH]c(cc9nc(cc([nH]6)c2cc51)-c1ccccc1-9)c1ccccc81)-c1ccccc1-7)-c1ccccc1-4)c1ccccc31. The van der Waals surface area contributed by atoms with E-state index in [0.717, 1.165) is 177 Å². The van der Waals surface area contributed by atoms with Crippen molar-refractivity contribution in [3.63, 3.8) is 0 Å². The Hall–Kier alpha value is -10.2. The van der Waals surface area contributed by atoms with Gasteiger partial charge in [-0.15, -0.1) is 0 Å². The van der Waals surface area contributed by atoms with E-state index in [0.29, 0.717) is 0 Å². The summed E-state index contributed by atoms with van der Waals surface area (Å²) in [7, 11) is 0. The monoisotopic (exact) mass is 942 g/mol. The van der Waals surface area contributed by atoms with Crippen LogP contribution < -0.4 is 0 Å². The summed E-state index contributed by atoms with van der Waals surface area (Å²) in [5.74, 6) is 0. The number of H-pyrrole nitrogens is 4. The van der Waals surface area contributed by atoms with Crippen LogP contribution in [0.3, 0.4) is 0 Å². The number of rotatable bonds is 0. The summed E-state index contributed by atoms with van der Waals surface area (Å²) in [4.78, 5) is 37.2. The zero-order chi connectivity index (χ0) is 48.2. The lowest BCUT2D eigenvalue weighted by atomic mass is 10.0. The van der Waals surface area contributed by atoms with Crippen LogP contribution in [-0.4, -0.2) is 39.9 Å². The minimum Gasteiger partial charge on any atom is -0.354 e. The lowest BCUT2D eigenvalue weighted by Gasteiger charge is -1.99. The highest BCUT2D eigenvalue weighted by Crippen LogP contribution is 2.44. The van der Waals surface area contributed by atoms with E-state index in [1.807, 2.05) is 0 Å². The van der Waals surface area contributed by atoms with Gasteiger partial charge in [0.2, 0.25) is 0 Å². The molecule has 7 aromatic carbocycles. The first-order valence-electron chi connectivity index (χ1n) is 25.0. The molecule has 0 saturated carbocycles. The maximum absolute atomic E-state index is 5.42. The first-order chi connectivity index (χ1) is 36.6. The summed E-state index contributed by atoms with van der Waals surface area (Å²) < 4.78 is 0. The fourth-order valence-electron chi connectivity index (χ4n) is 12.1. The van der Waals surface area contributed by atoms with Crippen LogP contribution in [0.4, 0.5) is 0 Å². The number of hydrogen-bond acceptors (Lipinski definition) is 4. The van der Waals surface area contributed by atoms with Crippen LogP contribution in [0.15, 0.2) is 206 Å². The highest BCUT2D eigenvalue weighted by molar-refractivity contribution is 6.20. The summed E-state index contributed by atoms with van der Waals surface area (Å²) in [6.45, 7) is 0. The second kappa shape index (κ2) is 14.7. The fraction of sp³-hybridized carbons (Fsp3) is 0. The number of nitrogens with one attached hydrogen (secondary N) is 4. The van der Waals surface area contributed by atoms with Crippen molar-refractivity contribution in [1.82, 2.24) is 39.9 Å². The van der Waals surface area contributed by atoms with Gasteiger partial charge in [0, 0.05) is 132 Å². The molecule has 74 heavy (non-hydrogen) atoms. The normalized spacial score (nSPS) is 12.3. The van der Waals surface area contributed by atoms with Gasteiger partial charge in [0.15, 0.2) is 0 Å². The van der Waals surface area contributed by atoms with Gasteiger partial charge in [-0.3, -0.25) is 0 Å². The van der Waals surface area contributed by atoms with E-state index >= 15 is 0 Å². The van der Waals surface area contributed by atoms with Crippen molar-refractivity contribution in [3.05, 3.63) is 206 Å². The predicted molar refractivity (Wildman–Crippen MR) is 303 cm³/mol. The molecule has 10 heterocycles. The minimum atomic E-state index is 0.891. The highest BCUT2D eigenvalue weighted by Gasteiger charge is 2.23. The molecule has 13 aromatic rings. The Bertz CT molecular complexity index is 4430. The van der Waals surface area contributed by atoms with Gasteiger partial charge >= 0.3 is 0 Å². The fourth-order valence-corrected chi connectivity index (χ4v) is 12.1. The molecule has 0 spiro atoms. The van der Waals surface area contributed by atoms with Gasteiger partial charge in [0.1, 0.15) is 0 Å². The molecule has 4 aliphatic rings. The molecule has 0 amide bonds. The third-order valence-electron chi connectivity index (χ3n) is 15.5. The van der Waals surface area contributed by atoms with Crippen molar-refractivity contribution in [2.24, 2.45) is 0 Å². The number of aromatic nitrogens is 8. The van der Waals surface area contributed by atoms with Crippen LogP contribution in [0.1, 0.15) is 0 Å². The molecule has 0 radical (unpaired) electrons. The summed E-state index contributed by atoms with van der Waals surface area (Å²) in [5, 5.41) is 8.80. The Labute approximate surface area is 421 Å². The molecular weight excluding hydrogens is 905 g/mol. The molecule has 0 fully saturated rings. The Balaban J connectivity index is 1.03. The number of hydrogen-bond donors (Lipinski definition) is 4. The van der Waals surface area contributed by atoms with E-state index in [9.17, 15) is 0 Å². The van der Waals surface area contributed by atoms with Crippen molar-refractivity contribution in [3.8, 4) is 90.1 Å². The Morgan fingerprint density at radius 3 is 0.527 bits per heavy atom. The summed E-state index contributed by atoms with van der Waals surface area (Å²) in [5.41, 5.74) is 23.7. The smallest absolute Gasteiger partial charge is 0.0737 e. The molecule has 8 nitrogen and oxygen atoms in total. The molecule has 4 aliphatic heterocycles. The van der Waals surface area contributed by atoms with Crippen LogP contribution in [0.2, 0.25) is 0 Å². The maximum atomic E-state index is 5.42. The van der Waals surface area contributed by atoms with Crippen molar-refractivity contribution in [2.75, 3.05) is 0 Å². The largest absolute Gasteiger partial charge is 0.354 e. The third-order valence-corrected chi connectivity index (χ3v) is 15.5. The van der Waals surface area contributed by atoms with E-state index in [1.54, 1.807) is 0 Å². The van der Waals surface area contributed by atoms with Crippen molar-refractivity contribution in [1.29, 1.82) is 0 Å². The van der Waals surface area contributed by atoms with E-state index in [1.165, 1.54) is 0 Å². The number of fused-ring (bicyclic) bond motifs is 40. The summed E-state index contributed by atoms with van der Waals surface area (Å²) in [6, 6.07) is 73.6. The predicted octanol–water partition coefficient (Wildman–Crippen LogP) is 16.9. The van der Waals surface area contributed by atoms with Crippen molar-refractivity contribution >= 4 is 87.2 Å². The van der Waals surface area contributed by atoms with Crippen LogP contribution >= 0.6 is 0 Å². The van der Waals surface area contributed by atoms with Crippen LogP contribution in [0, 0.1) is 0 Å². The minimum absolute atomic E-state index is 0.891. The van der Waals surface area contributed by atoms with Gasteiger partial charge in [-0.05, 0) is 60.7 Å². The molecule has 6 aromatic heterocycles. The number of nitrogens with zero attached hydrogens (tertiary/aromatic N) is 4. The first kappa shape index (κ1) is 39.5. The van der Waals surface area contributed by atoms with E-state index in [2.05, 4.69) is 226 Å². The van der Waals surface area contributed by atoms with Gasteiger partial charge in [-0.25, -0.2) is 19.9 Å². The second-order valence-electron chi connectivity index (χ2n) is 19.7. The quantitative estimate of drug-likeness (QED) is 0.121. The van der Waals surface area contributed by atoms with E-state index in [-0.39, 0.29) is 0 Å². The summed E-state index contributed by atoms with van der Waals surface area (Å²) >= 11 is 0. The van der Waals surface area contributed by atoms with Gasteiger partial charge in [0.05, 0.1) is 45.6 Å². The van der Waals surface area contributed by atoms with Crippen molar-refractivity contribution < 1.29 is 0 Å². The molecule has 17 rings (SSSR count). The molecular formula is C66H38N8. The maximum Gasteiger partial charge on any atom is 0.0737 e. The molecule has 0 unspecified atom stereocenters. The average Bonchev–Trinajstić information content (AvgIpc) is 4.34. The van der Waals surface area contributed by atoms with Crippen LogP contribution in [-0.2, 0) is 0 Å². The summed E-state index contributed by atoms with van der Waals surface area (Å²) in [6.07, 6.45) is 0. The third kappa shape index (κ3) is 5.73. The molecule has 0 atom stereocenters. The van der Waals surface area contributed by atoms with Gasteiger partial charge < -0.3 is 19.9 Å². The van der Waals surface area contributed by atoms with Gasteiger partial charge in [0.25, 0.3) is 0 Å². The number of aromatic amines is 4. The van der Waals surface area contributed by atoms with Crippen LogP contribution in [0.25, 0.3) is 177 Å². The van der Waals surface area contributed by atoms with Crippen molar-refractivity contribution in [2.45, 2.75) is 0 Å². The number of benzene rings is 7. The Morgan fingerprint density at radius 1 is 0.176 bits per heavy atom. The second-order valence-corrected chi connectivity index (χ2v) is 19.7. The van der Waals surface area contributed by atoms with E-state index < -0.39 is 0 Å². The Morgan fingerprint density at radius 2 is 0.338 bits per heavy atom. The molecule has 0 saturated heterocycles. The molecule has 0 aliphatic carbocycles. The molecule has 4 N–H and O–H groups in total. The molecule has 16 bridgehead atoms. The highest BCUT2D eigenvalue weighted by atomic mass is 14.8. The zero-order valence-corrected chi connectivity index (χ0v) is 39.4. The average molecular weight is 943 g/mol. The Kier molecular flexibility index (Phi) is 7.85. The van der Waals surface area contributed by atoms with Crippen LogP contribution in [0.5, 0.6) is 0 Å². The van der Waals surface area contributed by atoms with Gasteiger partial charge in [-0.1, -0.05) is 146 Å². The molecule has 342 valence electrons. The van der Waals surface area contributed by atoms with Gasteiger partial charge in [-0.2, -0.15) is 0 Å². The topological polar surface area (TPSA) is 115 Å². The molecule has 8 heteroatoms. The first-order valence-corrected chi connectivity index (χ1v) is 25.0. The zero-order valence-electron chi connectivity index (χ0n) is 39.4. The van der Waals surface area contributed by atoms with E-state index in [4.69, 9.17) is 19.9 Å².